The number of hydrogen-bond donors (Lipinski definition) is 1. The zero-order chi connectivity index (χ0) is 19.9. The monoisotopic (exact) mass is 381 g/mol. The second-order valence-corrected chi connectivity index (χ2v) is 7.05. The molecule has 0 aliphatic heterocycles. The first-order chi connectivity index (χ1) is 14.3. The highest BCUT2D eigenvalue weighted by Crippen LogP contribution is 2.24. The van der Waals surface area contributed by atoms with Crippen molar-refractivity contribution in [2.45, 2.75) is 12.3 Å². The van der Waals surface area contributed by atoms with E-state index in [-0.39, 0.29) is 5.92 Å². The first-order valence-corrected chi connectivity index (χ1v) is 9.80. The van der Waals surface area contributed by atoms with E-state index < -0.39 is 6.09 Å². The Morgan fingerprint density at radius 3 is 2.21 bits per heavy atom. The number of carbonyl (C=O) groups excluding carboxylic acids is 1. The van der Waals surface area contributed by atoms with Gasteiger partial charge in [-0.2, -0.15) is 0 Å². The summed E-state index contributed by atoms with van der Waals surface area (Å²) < 4.78 is 5.63. The Balaban J connectivity index is 1.46. The van der Waals surface area contributed by atoms with Crippen molar-refractivity contribution in [3.63, 3.8) is 0 Å². The lowest BCUT2D eigenvalue weighted by Crippen LogP contribution is -2.19. The molecule has 0 saturated heterocycles. The highest BCUT2D eigenvalue weighted by Gasteiger charge is 2.16. The van der Waals surface area contributed by atoms with Crippen LogP contribution in [0.1, 0.15) is 17.0 Å². The van der Waals surface area contributed by atoms with Gasteiger partial charge in [0.15, 0.2) is 0 Å². The molecule has 144 valence electrons. The fourth-order valence-corrected chi connectivity index (χ4v) is 3.55. The Morgan fingerprint density at radius 2 is 1.41 bits per heavy atom. The summed E-state index contributed by atoms with van der Waals surface area (Å²) in [6.07, 6.45) is 0.377. The summed E-state index contributed by atoms with van der Waals surface area (Å²) in [6, 6.07) is 34.3. The van der Waals surface area contributed by atoms with Crippen LogP contribution in [0.5, 0.6) is 0 Å². The van der Waals surface area contributed by atoms with Crippen LogP contribution < -0.4 is 5.32 Å². The number of ether oxygens (including phenoxy) is 1. The molecule has 0 fully saturated rings. The van der Waals surface area contributed by atoms with Crippen LogP contribution in [0.3, 0.4) is 0 Å². The number of anilines is 1. The van der Waals surface area contributed by atoms with Crippen LogP contribution >= 0.6 is 0 Å². The van der Waals surface area contributed by atoms with Crippen molar-refractivity contribution in [2.75, 3.05) is 11.9 Å². The molecule has 0 spiro atoms. The van der Waals surface area contributed by atoms with Crippen molar-refractivity contribution in [3.8, 4) is 0 Å². The van der Waals surface area contributed by atoms with E-state index in [2.05, 4.69) is 29.6 Å². The molecule has 1 atom stereocenters. The second kappa shape index (κ2) is 9.07. The lowest BCUT2D eigenvalue weighted by molar-refractivity contribution is 0.153. The molecule has 1 amide bonds. The van der Waals surface area contributed by atoms with Gasteiger partial charge in [-0.1, -0.05) is 97.1 Å². The third-order valence-corrected chi connectivity index (χ3v) is 5.04. The Labute approximate surface area is 171 Å². The SMILES string of the molecule is O=C(Nc1cccc2ccccc12)OC[C@H](Cc1ccccc1)c1ccccc1. The van der Waals surface area contributed by atoms with Gasteiger partial charge in [-0.05, 0) is 29.0 Å². The molecule has 0 unspecified atom stereocenters. The van der Waals surface area contributed by atoms with Gasteiger partial charge < -0.3 is 4.74 Å². The van der Waals surface area contributed by atoms with E-state index in [1.54, 1.807) is 0 Å². The number of carbonyl (C=O) groups is 1. The van der Waals surface area contributed by atoms with E-state index in [4.69, 9.17) is 4.74 Å². The summed E-state index contributed by atoms with van der Waals surface area (Å²) in [5.41, 5.74) is 3.14. The lowest BCUT2D eigenvalue weighted by Gasteiger charge is -2.18. The minimum atomic E-state index is -0.435. The molecule has 0 aliphatic rings. The van der Waals surface area contributed by atoms with Crippen molar-refractivity contribution in [1.82, 2.24) is 0 Å². The molecule has 0 aliphatic carbocycles. The molecule has 4 aromatic rings. The predicted octanol–water partition coefficient (Wildman–Crippen LogP) is 6.41. The van der Waals surface area contributed by atoms with Crippen LogP contribution in [-0.4, -0.2) is 12.7 Å². The number of rotatable bonds is 6. The van der Waals surface area contributed by atoms with Crippen LogP contribution in [0.15, 0.2) is 103 Å². The zero-order valence-corrected chi connectivity index (χ0v) is 16.1. The van der Waals surface area contributed by atoms with E-state index >= 15 is 0 Å². The van der Waals surface area contributed by atoms with Crippen LogP contribution in [0.2, 0.25) is 0 Å². The Hall–Kier alpha value is -3.59. The van der Waals surface area contributed by atoms with E-state index in [1.807, 2.05) is 78.9 Å². The Kier molecular flexibility index (Phi) is 5.87. The number of nitrogens with one attached hydrogen (secondary N) is 1. The van der Waals surface area contributed by atoms with Gasteiger partial charge >= 0.3 is 6.09 Å². The van der Waals surface area contributed by atoms with Crippen LogP contribution in [0.4, 0.5) is 10.5 Å². The van der Waals surface area contributed by atoms with E-state index in [0.717, 1.165) is 28.4 Å². The number of hydrogen-bond acceptors (Lipinski definition) is 2. The standard InChI is InChI=1S/C26H23NO2/c28-26(27-25-17-9-15-22-14-7-8-16-24(22)25)29-19-23(21-12-5-2-6-13-21)18-20-10-3-1-4-11-20/h1-17,23H,18-19H2,(H,27,28)/t23-/m0/s1. The Bertz CT molecular complexity index is 1070. The highest BCUT2D eigenvalue weighted by atomic mass is 16.5. The maximum atomic E-state index is 12.5. The van der Waals surface area contributed by atoms with Crippen molar-refractivity contribution >= 4 is 22.6 Å². The molecular formula is C26H23NO2. The zero-order valence-electron chi connectivity index (χ0n) is 16.1. The van der Waals surface area contributed by atoms with Gasteiger partial charge in [-0.25, -0.2) is 4.79 Å². The molecule has 0 aromatic heterocycles. The molecule has 0 radical (unpaired) electrons. The summed E-state index contributed by atoms with van der Waals surface area (Å²) in [5, 5.41) is 4.97. The van der Waals surface area contributed by atoms with E-state index in [9.17, 15) is 4.79 Å². The van der Waals surface area contributed by atoms with Gasteiger partial charge in [0.2, 0.25) is 0 Å². The topological polar surface area (TPSA) is 38.3 Å². The van der Waals surface area contributed by atoms with Gasteiger partial charge in [0.1, 0.15) is 6.61 Å². The molecule has 1 N–H and O–H groups in total. The fourth-order valence-electron chi connectivity index (χ4n) is 3.55. The lowest BCUT2D eigenvalue weighted by atomic mass is 9.93. The summed E-state index contributed by atoms with van der Waals surface area (Å²) in [7, 11) is 0. The molecule has 3 heteroatoms. The number of benzene rings is 4. The normalized spacial score (nSPS) is 11.7. The van der Waals surface area contributed by atoms with Gasteiger partial charge in [0.25, 0.3) is 0 Å². The fraction of sp³-hybridized carbons (Fsp3) is 0.115. The molecule has 4 aromatic carbocycles. The third-order valence-electron chi connectivity index (χ3n) is 5.04. The van der Waals surface area contributed by atoms with Crippen LogP contribution in [-0.2, 0) is 11.2 Å². The Morgan fingerprint density at radius 1 is 0.759 bits per heavy atom. The number of amides is 1. The number of fused-ring (bicyclic) bond motifs is 1. The van der Waals surface area contributed by atoms with Gasteiger partial charge in [0, 0.05) is 11.3 Å². The summed E-state index contributed by atoms with van der Waals surface area (Å²) in [4.78, 5) is 12.5. The molecule has 0 heterocycles. The summed E-state index contributed by atoms with van der Waals surface area (Å²) in [6.45, 7) is 0.315. The molecule has 0 saturated carbocycles. The van der Waals surface area contributed by atoms with Gasteiger partial charge in [-0.15, -0.1) is 0 Å². The second-order valence-electron chi connectivity index (χ2n) is 7.05. The van der Waals surface area contributed by atoms with Crippen molar-refractivity contribution in [2.24, 2.45) is 0 Å². The largest absolute Gasteiger partial charge is 0.449 e. The van der Waals surface area contributed by atoms with Gasteiger partial charge in [-0.3, -0.25) is 5.32 Å². The van der Waals surface area contributed by atoms with Crippen LogP contribution in [0, 0.1) is 0 Å². The van der Waals surface area contributed by atoms with E-state index in [0.29, 0.717) is 6.61 Å². The van der Waals surface area contributed by atoms with Crippen molar-refractivity contribution < 1.29 is 9.53 Å². The highest BCUT2D eigenvalue weighted by molar-refractivity contribution is 6.00. The molecular weight excluding hydrogens is 358 g/mol. The van der Waals surface area contributed by atoms with Crippen molar-refractivity contribution in [3.05, 3.63) is 114 Å². The predicted molar refractivity (Wildman–Crippen MR) is 118 cm³/mol. The quantitative estimate of drug-likeness (QED) is 0.419. The van der Waals surface area contributed by atoms with Gasteiger partial charge in [0.05, 0.1) is 5.69 Å². The van der Waals surface area contributed by atoms with Crippen molar-refractivity contribution in [1.29, 1.82) is 0 Å². The minimum absolute atomic E-state index is 0.0943. The minimum Gasteiger partial charge on any atom is -0.449 e. The maximum absolute atomic E-state index is 12.5. The first kappa shape index (κ1) is 18.8. The molecule has 4 rings (SSSR count). The first-order valence-electron chi connectivity index (χ1n) is 9.80. The summed E-state index contributed by atoms with van der Waals surface area (Å²) >= 11 is 0. The summed E-state index contributed by atoms with van der Waals surface area (Å²) in [5.74, 6) is 0.0943. The smallest absolute Gasteiger partial charge is 0.411 e. The molecule has 29 heavy (non-hydrogen) atoms. The van der Waals surface area contributed by atoms with E-state index in [1.165, 1.54) is 5.56 Å². The molecule has 0 bridgehead atoms. The molecule has 3 nitrogen and oxygen atoms in total. The average Bonchev–Trinajstić information content (AvgIpc) is 2.78. The third kappa shape index (κ3) is 4.82. The maximum Gasteiger partial charge on any atom is 0.411 e. The van der Waals surface area contributed by atoms with Crippen LogP contribution in [0.25, 0.3) is 10.8 Å². The average molecular weight is 381 g/mol.